The lowest BCUT2D eigenvalue weighted by Gasteiger charge is -2.45. The Morgan fingerprint density at radius 1 is 1.39 bits per heavy atom. The Bertz CT molecular complexity index is 730. The normalized spacial score (nSPS) is 24.5. The summed E-state index contributed by atoms with van der Waals surface area (Å²) >= 11 is 0. The zero-order valence-corrected chi connectivity index (χ0v) is 15.2. The van der Waals surface area contributed by atoms with E-state index in [1.54, 1.807) is 0 Å². The van der Waals surface area contributed by atoms with Crippen molar-refractivity contribution in [3.8, 4) is 0 Å². The molecule has 1 aromatic heterocycles. The van der Waals surface area contributed by atoms with E-state index in [-0.39, 0.29) is 36.9 Å². The van der Waals surface area contributed by atoms with Crippen LogP contribution in [0.3, 0.4) is 0 Å². The van der Waals surface area contributed by atoms with Gasteiger partial charge in [0.25, 0.3) is 5.89 Å². The molecule has 1 aliphatic rings. The molecule has 9 N–H and O–H groups in total. The fraction of sp³-hybridized carbons (Fsp3) is 0.667. The Labute approximate surface area is 159 Å². The van der Waals surface area contributed by atoms with Gasteiger partial charge in [0, 0.05) is 6.42 Å². The number of primary amides is 1. The standard InChI is InChI=1S/C15H24N6O7/c1-6(23)10(12(25)26)18-14(27)20-15(3-7(4-15)2-9(17)24)13-19-11(21-28-13)8(16)5-22/h6-8,10,22-23H,2-5,16H2,1H3,(H2,17,24)(H,25,26)(H2,18,20,27)/t6-,7?,8-,10-,15?/m0/s1. The highest BCUT2D eigenvalue weighted by molar-refractivity contribution is 5.83. The summed E-state index contributed by atoms with van der Waals surface area (Å²) in [5.74, 6) is -2.02. The van der Waals surface area contributed by atoms with Crippen molar-refractivity contribution in [1.82, 2.24) is 20.8 Å². The molecule has 3 amide bonds. The maximum Gasteiger partial charge on any atom is 0.328 e. The molecular formula is C15H24N6O7. The number of carboxylic acids is 1. The second-order valence-electron chi connectivity index (χ2n) is 6.93. The molecule has 0 aliphatic heterocycles. The largest absolute Gasteiger partial charge is 0.480 e. The number of nitrogens with two attached hydrogens (primary N) is 2. The smallest absolute Gasteiger partial charge is 0.328 e. The van der Waals surface area contributed by atoms with Gasteiger partial charge in [0.05, 0.1) is 18.8 Å². The molecule has 0 bridgehead atoms. The van der Waals surface area contributed by atoms with Crippen molar-refractivity contribution in [1.29, 1.82) is 0 Å². The zero-order valence-electron chi connectivity index (χ0n) is 15.2. The van der Waals surface area contributed by atoms with Crippen molar-refractivity contribution in [2.24, 2.45) is 17.4 Å². The Morgan fingerprint density at radius 2 is 2.04 bits per heavy atom. The van der Waals surface area contributed by atoms with Crippen LogP contribution in [0, 0.1) is 5.92 Å². The second kappa shape index (κ2) is 8.50. The van der Waals surface area contributed by atoms with E-state index in [9.17, 15) is 19.5 Å². The predicted octanol–water partition coefficient (Wildman–Crippen LogP) is -2.32. The predicted molar refractivity (Wildman–Crippen MR) is 91.3 cm³/mol. The average Bonchev–Trinajstić information content (AvgIpc) is 3.06. The Morgan fingerprint density at radius 3 is 2.54 bits per heavy atom. The SMILES string of the molecule is C[C@H](O)[C@H](NC(=O)NC1(c2nc([C@@H](N)CO)no2)CC(CC(N)=O)C1)C(=O)O. The molecule has 0 unspecified atom stereocenters. The van der Waals surface area contributed by atoms with E-state index in [4.69, 9.17) is 26.2 Å². The number of aliphatic carboxylic acids is 1. The number of aliphatic hydroxyl groups excluding tert-OH is 2. The van der Waals surface area contributed by atoms with Gasteiger partial charge in [-0.15, -0.1) is 0 Å². The molecule has 0 saturated heterocycles. The first-order valence-electron chi connectivity index (χ1n) is 8.56. The van der Waals surface area contributed by atoms with Crippen molar-refractivity contribution in [2.45, 2.75) is 49.9 Å². The van der Waals surface area contributed by atoms with Crippen LogP contribution in [-0.2, 0) is 15.1 Å². The summed E-state index contributed by atoms with van der Waals surface area (Å²) in [4.78, 5) is 38.7. The van der Waals surface area contributed by atoms with E-state index in [1.807, 2.05) is 0 Å². The number of aromatic nitrogens is 2. The minimum Gasteiger partial charge on any atom is -0.480 e. The van der Waals surface area contributed by atoms with Gasteiger partial charge in [-0.2, -0.15) is 4.98 Å². The topological polar surface area (TPSA) is 227 Å². The summed E-state index contributed by atoms with van der Waals surface area (Å²) in [5, 5.41) is 36.1. The van der Waals surface area contributed by atoms with Crippen LogP contribution in [0.4, 0.5) is 4.79 Å². The summed E-state index contributed by atoms with van der Waals surface area (Å²) in [7, 11) is 0. The molecule has 2 rings (SSSR count). The second-order valence-corrected chi connectivity index (χ2v) is 6.93. The summed E-state index contributed by atoms with van der Waals surface area (Å²) in [5.41, 5.74) is 9.69. The third-order valence-corrected chi connectivity index (χ3v) is 4.53. The van der Waals surface area contributed by atoms with Crippen LogP contribution in [-0.4, -0.2) is 62.1 Å². The molecule has 13 heteroatoms. The van der Waals surface area contributed by atoms with Crippen molar-refractivity contribution in [2.75, 3.05) is 6.61 Å². The highest BCUT2D eigenvalue weighted by Crippen LogP contribution is 2.46. The number of hydrogen-bond donors (Lipinski definition) is 7. The molecule has 1 fully saturated rings. The minimum atomic E-state index is -1.53. The molecule has 156 valence electrons. The van der Waals surface area contributed by atoms with Crippen molar-refractivity contribution in [3.63, 3.8) is 0 Å². The molecule has 0 spiro atoms. The molecule has 1 saturated carbocycles. The highest BCUT2D eigenvalue weighted by Gasteiger charge is 2.51. The van der Waals surface area contributed by atoms with Crippen molar-refractivity contribution >= 4 is 17.9 Å². The molecular weight excluding hydrogens is 376 g/mol. The van der Waals surface area contributed by atoms with Gasteiger partial charge in [-0.25, -0.2) is 9.59 Å². The summed E-state index contributed by atoms with van der Waals surface area (Å²) < 4.78 is 5.17. The minimum absolute atomic E-state index is 0.00573. The number of carboxylic acid groups (broad SMARTS) is 1. The maximum atomic E-state index is 12.3. The Kier molecular flexibility index (Phi) is 6.53. The third-order valence-electron chi connectivity index (χ3n) is 4.53. The molecule has 0 radical (unpaired) electrons. The maximum absolute atomic E-state index is 12.3. The van der Waals surface area contributed by atoms with Crippen LogP contribution in [0.25, 0.3) is 0 Å². The number of nitrogens with one attached hydrogen (secondary N) is 2. The molecule has 3 atom stereocenters. The molecule has 0 aromatic carbocycles. The number of carbonyl (C=O) groups is 3. The van der Waals surface area contributed by atoms with Crippen LogP contribution >= 0.6 is 0 Å². The number of hydrogen-bond acceptors (Lipinski definition) is 9. The van der Waals surface area contributed by atoms with Gasteiger partial charge in [-0.05, 0) is 25.7 Å². The number of aliphatic hydroxyl groups is 2. The van der Waals surface area contributed by atoms with Gasteiger partial charge in [0.2, 0.25) is 5.91 Å². The Balaban J connectivity index is 2.18. The zero-order chi connectivity index (χ0) is 21.1. The van der Waals surface area contributed by atoms with Gasteiger partial charge in [-0.3, -0.25) is 4.79 Å². The third kappa shape index (κ3) is 4.74. The molecule has 1 heterocycles. The number of carbonyl (C=O) groups excluding carboxylic acids is 2. The van der Waals surface area contributed by atoms with Crippen LogP contribution < -0.4 is 22.1 Å². The van der Waals surface area contributed by atoms with Gasteiger partial charge in [0.1, 0.15) is 5.54 Å². The van der Waals surface area contributed by atoms with E-state index in [2.05, 4.69) is 20.8 Å². The number of amides is 3. The fourth-order valence-electron chi connectivity index (χ4n) is 3.13. The van der Waals surface area contributed by atoms with Gasteiger partial charge < -0.3 is 41.9 Å². The van der Waals surface area contributed by atoms with Crippen LogP contribution in [0.5, 0.6) is 0 Å². The van der Waals surface area contributed by atoms with Crippen LogP contribution in [0.15, 0.2) is 4.52 Å². The lowest BCUT2D eigenvalue weighted by atomic mass is 9.66. The first-order valence-corrected chi connectivity index (χ1v) is 8.56. The summed E-state index contributed by atoms with van der Waals surface area (Å²) in [6, 6.07) is -3.28. The molecule has 1 aromatic rings. The quantitative estimate of drug-likeness (QED) is 0.234. The average molecular weight is 400 g/mol. The van der Waals surface area contributed by atoms with E-state index >= 15 is 0 Å². The van der Waals surface area contributed by atoms with E-state index < -0.39 is 48.2 Å². The number of rotatable bonds is 9. The van der Waals surface area contributed by atoms with Crippen molar-refractivity contribution < 1.29 is 34.2 Å². The van der Waals surface area contributed by atoms with E-state index in [1.165, 1.54) is 6.92 Å². The fourth-order valence-corrected chi connectivity index (χ4v) is 3.13. The van der Waals surface area contributed by atoms with Crippen LogP contribution in [0.1, 0.15) is 43.9 Å². The Hall–Kier alpha value is -2.77. The van der Waals surface area contributed by atoms with Crippen molar-refractivity contribution in [3.05, 3.63) is 11.7 Å². The first-order chi connectivity index (χ1) is 13.1. The van der Waals surface area contributed by atoms with Crippen LogP contribution in [0.2, 0.25) is 0 Å². The summed E-state index contributed by atoms with van der Waals surface area (Å²) in [6.45, 7) is 0.806. The molecule has 1 aliphatic carbocycles. The van der Waals surface area contributed by atoms with Gasteiger partial charge in [0.15, 0.2) is 11.9 Å². The molecule has 13 nitrogen and oxygen atoms in total. The first kappa shape index (κ1) is 21.5. The monoisotopic (exact) mass is 400 g/mol. The highest BCUT2D eigenvalue weighted by atomic mass is 16.5. The van der Waals surface area contributed by atoms with Gasteiger partial charge in [-0.1, -0.05) is 5.16 Å². The lowest BCUT2D eigenvalue weighted by molar-refractivity contribution is -0.141. The molecule has 28 heavy (non-hydrogen) atoms. The summed E-state index contributed by atoms with van der Waals surface area (Å²) in [6.07, 6.45) is -0.758. The number of urea groups is 1. The lowest BCUT2D eigenvalue weighted by Crippen LogP contribution is -2.60. The van der Waals surface area contributed by atoms with E-state index in [0.29, 0.717) is 0 Å². The van der Waals surface area contributed by atoms with Gasteiger partial charge >= 0.3 is 12.0 Å². The van der Waals surface area contributed by atoms with E-state index in [0.717, 1.165) is 0 Å². The number of nitrogens with zero attached hydrogens (tertiary/aromatic N) is 2.